The highest BCUT2D eigenvalue weighted by molar-refractivity contribution is 5.93. The number of rotatable bonds is 11. The molecule has 0 bridgehead atoms. The van der Waals surface area contributed by atoms with Gasteiger partial charge in [0.2, 0.25) is 5.54 Å². The lowest BCUT2D eigenvalue weighted by Gasteiger charge is -2.26. The van der Waals surface area contributed by atoms with Crippen LogP contribution in [0.4, 0.5) is 0 Å². The van der Waals surface area contributed by atoms with Crippen molar-refractivity contribution >= 4 is 18.0 Å². The number of carbonyl (C=O) groups excluding carboxylic acids is 2. The molecule has 0 heterocycles. The normalized spacial score (nSPS) is 13.5. The van der Waals surface area contributed by atoms with Crippen molar-refractivity contribution in [3.8, 4) is 0 Å². The van der Waals surface area contributed by atoms with Crippen LogP contribution in [0.1, 0.15) is 51.0 Å². The van der Waals surface area contributed by atoms with Gasteiger partial charge < -0.3 is 9.47 Å². The Bertz CT molecular complexity index is 670. The second-order valence-electron chi connectivity index (χ2n) is 6.41. The highest BCUT2D eigenvalue weighted by Gasteiger charge is 2.44. The van der Waals surface area contributed by atoms with Crippen molar-refractivity contribution in [1.82, 2.24) is 0 Å². The number of nitrogens with zero attached hydrogens (tertiary/aromatic N) is 1. The Hall–Kier alpha value is -2.70. The van der Waals surface area contributed by atoms with Crippen LogP contribution in [0, 0.1) is 10.1 Å². The molecule has 0 aliphatic carbocycles. The van der Waals surface area contributed by atoms with E-state index in [1.807, 2.05) is 25.1 Å². The van der Waals surface area contributed by atoms with Crippen LogP contribution in [0.2, 0.25) is 0 Å². The molecule has 1 unspecified atom stereocenters. The third-order valence-corrected chi connectivity index (χ3v) is 4.51. The Kier molecular flexibility index (Phi) is 9.19. The maximum absolute atomic E-state index is 12.3. The molecule has 148 valence electrons. The lowest BCUT2D eigenvalue weighted by atomic mass is 9.82. The molecular formula is C20H27NO6. The quantitative estimate of drug-likeness (QED) is 0.252. The number of benzene rings is 1. The summed E-state index contributed by atoms with van der Waals surface area (Å²) in [7, 11) is 2.49. The van der Waals surface area contributed by atoms with Crippen molar-refractivity contribution in [1.29, 1.82) is 0 Å². The molecule has 27 heavy (non-hydrogen) atoms. The average Bonchev–Trinajstić information content (AvgIpc) is 2.68. The largest absolute Gasteiger partial charge is 0.469 e. The van der Waals surface area contributed by atoms with E-state index in [1.165, 1.54) is 14.2 Å². The fourth-order valence-corrected chi connectivity index (χ4v) is 2.91. The molecule has 0 fully saturated rings. The second-order valence-corrected chi connectivity index (χ2v) is 6.41. The van der Waals surface area contributed by atoms with Crippen LogP contribution in [0.15, 0.2) is 35.9 Å². The van der Waals surface area contributed by atoms with Crippen LogP contribution >= 0.6 is 0 Å². The fraction of sp³-hybridized carbons (Fsp3) is 0.500. The summed E-state index contributed by atoms with van der Waals surface area (Å²) in [5.41, 5.74) is -0.473. The SMILES string of the molecule is CCCCC(CCC(=O)OC)(C/C(=C\c1ccccc1)C(=O)OC)[N+](=O)[O-]. The Balaban J connectivity index is 3.26. The summed E-state index contributed by atoms with van der Waals surface area (Å²) >= 11 is 0. The van der Waals surface area contributed by atoms with Gasteiger partial charge in [0.15, 0.2) is 0 Å². The van der Waals surface area contributed by atoms with Gasteiger partial charge >= 0.3 is 11.9 Å². The summed E-state index contributed by atoms with van der Waals surface area (Å²) in [5.74, 6) is -1.12. The van der Waals surface area contributed by atoms with E-state index in [4.69, 9.17) is 4.74 Å². The lowest BCUT2D eigenvalue weighted by molar-refractivity contribution is -0.572. The molecule has 1 atom stereocenters. The van der Waals surface area contributed by atoms with Crippen molar-refractivity contribution < 1.29 is 24.0 Å². The number of esters is 2. The number of carbonyl (C=O) groups is 2. The van der Waals surface area contributed by atoms with Gasteiger partial charge in [-0.2, -0.15) is 0 Å². The van der Waals surface area contributed by atoms with E-state index >= 15 is 0 Å². The summed E-state index contributed by atoms with van der Waals surface area (Å²) in [6.07, 6.45) is 3.05. The highest BCUT2D eigenvalue weighted by Crippen LogP contribution is 2.33. The Morgan fingerprint density at radius 2 is 1.81 bits per heavy atom. The molecule has 0 radical (unpaired) electrons. The van der Waals surface area contributed by atoms with E-state index in [0.717, 1.165) is 12.0 Å². The van der Waals surface area contributed by atoms with Crippen molar-refractivity contribution in [3.63, 3.8) is 0 Å². The minimum absolute atomic E-state index is 0.00417. The topological polar surface area (TPSA) is 95.7 Å². The Morgan fingerprint density at radius 1 is 1.15 bits per heavy atom. The van der Waals surface area contributed by atoms with Crippen LogP contribution < -0.4 is 0 Å². The van der Waals surface area contributed by atoms with E-state index in [1.54, 1.807) is 18.2 Å². The molecule has 0 N–H and O–H groups in total. The highest BCUT2D eigenvalue weighted by atomic mass is 16.6. The van der Waals surface area contributed by atoms with Crippen LogP contribution in [0.3, 0.4) is 0 Å². The smallest absolute Gasteiger partial charge is 0.334 e. The van der Waals surface area contributed by atoms with Crippen LogP contribution in [0.5, 0.6) is 0 Å². The van der Waals surface area contributed by atoms with Gasteiger partial charge in [0.05, 0.1) is 27.1 Å². The predicted molar refractivity (Wildman–Crippen MR) is 102 cm³/mol. The standard InChI is InChI=1S/C20H27NO6/c1-4-5-12-20(21(24)25,13-11-18(22)26-2)15-17(19(23)27-3)14-16-9-7-6-8-10-16/h6-10,14H,4-5,11-13,15H2,1-3H3/b17-14+. The molecule has 1 aromatic rings. The first kappa shape index (κ1) is 22.3. The molecule has 0 aliphatic heterocycles. The zero-order valence-electron chi connectivity index (χ0n) is 16.1. The molecule has 0 spiro atoms. The van der Waals surface area contributed by atoms with Crippen molar-refractivity contribution in [3.05, 3.63) is 51.6 Å². The van der Waals surface area contributed by atoms with E-state index < -0.39 is 17.5 Å². The minimum Gasteiger partial charge on any atom is -0.469 e. The third kappa shape index (κ3) is 6.84. The van der Waals surface area contributed by atoms with Gasteiger partial charge in [-0.15, -0.1) is 0 Å². The molecule has 0 aliphatic rings. The van der Waals surface area contributed by atoms with Crippen LogP contribution in [-0.2, 0) is 19.1 Å². The summed E-state index contributed by atoms with van der Waals surface area (Å²) in [5, 5.41) is 12.0. The van der Waals surface area contributed by atoms with Crippen LogP contribution in [-0.4, -0.2) is 36.6 Å². The number of nitro groups is 1. The number of hydrogen-bond donors (Lipinski definition) is 0. The van der Waals surface area contributed by atoms with Crippen molar-refractivity contribution in [2.24, 2.45) is 0 Å². The fourth-order valence-electron chi connectivity index (χ4n) is 2.91. The van der Waals surface area contributed by atoms with Gasteiger partial charge in [0.1, 0.15) is 0 Å². The molecule has 0 saturated carbocycles. The molecule has 0 aromatic heterocycles. The second kappa shape index (κ2) is 11.1. The maximum Gasteiger partial charge on any atom is 0.334 e. The number of methoxy groups -OCH3 is 2. The first-order valence-corrected chi connectivity index (χ1v) is 8.93. The van der Waals surface area contributed by atoms with Gasteiger partial charge in [-0.25, -0.2) is 4.79 Å². The number of unbranched alkanes of at least 4 members (excludes halogenated alkanes) is 1. The van der Waals surface area contributed by atoms with Crippen LogP contribution in [0.25, 0.3) is 6.08 Å². The third-order valence-electron chi connectivity index (χ3n) is 4.51. The minimum atomic E-state index is -1.43. The molecule has 7 heteroatoms. The lowest BCUT2D eigenvalue weighted by Crippen LogP contribution is -2.40. The maximum atomic E-state index is 12.3. The summed E-state index contributed by atoms with van der Waals surface area (Å²) in [6.45, 7) is 1.94. The zero-order valence-corrected chi connectivity index (χ0v) is 16.1. The molecule has 1 aromatic carbocycles. The van der Waals surface area contributed by atoms with Crippen molar-refractivity contribution in [2.75, 3.05) is 14.2 Å². The van der Waals surface area contributed by atoms with Gasteiger partial charge in [-0.05, 0) is 18.1 Å². The van der Waals surface area contributed by atoms with E-state index in [9.17, 15) is 19.7 Å². The monoisotopic (exact) mass is 377 g/mol. The van der Waals surface area contributed by atoms with E-state index in [0.29, 0.717) is 6.42 Å². The number of ether oxygens (including phenoxy) is 2. The first-order chi connectivity index (χ1) is 12.9. The number of hydrogen-bond acceptors (Lipinski definition) is 6. The Morgan fingerprint density at radius 3 is 2.33 bits per heavy atom. The van der Waals surface area contributed by atoms with E-state index in [-0.39, 0.29) is 36.2 Å². The summed E-state index contributed by atoms with van der Waals surface area (Å²) in [4.78, 5) is 35.5. The molecule has 0 saturated heterocycles. The molecule has 1 rings (SSSR count). The van der Waals surface area contributed by atoms with Gasteiger partial charge in [-0.3, -0.25) is 14.9 Å². The molecular weight excluding hydrogens is 350 g/mol. The predicted octanol–water partition coefficient (Wildman–Crippen LogP) is 3.79. The van der Waals surface area contributed by atoms with Gasteiger partial charge in [0, 0.05) is 23.3 Å². The molecule has 0 amide bonds. The van der Waals surface area contributed by atoms with Crippen molar-refractivity contribution in [2.45, 2.75) is 51.0 Å². The van der Waals surface area contributed by atoms with Gasteiger partial charge in [-0.1, -0.05) is 43.7 Å². The Labute approximate surface area is 159 Å². The summed E-state index contributed by atoms with van der Waals surface area (Å²) < 4.78 is 9.47. The van der Waals surface area contributed by atoms with E-state index in [2.05, 4.69) is 4.74 Å². The molecule has 7 nitrogen and oxygen atoms in total. The first-order valence-electron chi connectivity index (χ1n) is 8.93. The average molecular weight is 377 g/mol. The summed E-state index contributed by atoms with van der Waals surface area (Å²) in [6, 6.07) is 9.08. The zero-order chi connectivity index (χ0) is 20.3. The van der Waals surface area contributed by atoms with Gasteiger partial charge in [0.25, 0.3) is 0 Å².